The fourth-order valence-electron chi connectivity index (χ4n) is 2.13. The lowest BCUT2D eigenvalue weighted by Crippen LogP contribution is -2.33. The standard InChI is InChI=1S/C17H19FN2O5S/c1-11-8-13(5-6-14(11)18)26(22,23)19-10-17(21)20-15-9-12(24-2)4-7-16(15)25-3/h4-9,19H,10H2,1-3H3,(H,20,21). The number of nitrogens with one attached hydrogen (secondary N) is 2. The number of ether oxygens (including phenoxy) is 2. The van der Waals surface area contributed by atoms with Crippen LogP contribution in [0.2, 0.25) is 0 Å². The summed E-state index contributed by atoms with van der Waals surface area (Å²) in [4.78, 5) is 12.0. The van der Waals surface area contributed by atoms with Crippen molar-refractivity contribution in [1.82, 2.24) is 4.72 Å². The second kappa shape index (κ2) is 8.15. The van der Waals surface area contributed by atoms with Crippen molar-refractivity contribution >= 4 is 21.6 Å². The molecule has 0 saturated heterocycles. The van der Waals surface area contributed by atoms with E-state index in [0.29, 0.717) is 17.2 Å². The Morgan fingerprint density at radius 3 is 2.46 bits per heavy atom. The molecule has 1 amide bonds. The van der Waals surface area contributed by atoms with Gasteiger partial charge < -0.3 is 14.8 Å². The maximum Gasteiger partial charge on any atom is 0.241 e. The Morgan fingerprint density at radius 2 is 1.85 bits per heavy atom. The van der Waals surface area contributed by atoms with Crippen molar-refractivity contribution in [3.63, 3.8) is 0 Å². The lowest BCUT2D eigenvalue weighted by Gasteiger charge is -2.12. The molecule has 0 unspecified atom stereocenters. The van der Waals surface area contributed by atoms with Crippen molar-refractivity contribution < 1.29 is 27.1 Å². The van der Waals surface area contributed by atoms with E-state index >= 15 is 0 Å². The zero-order chi connectivity index (χ0) is 19.3. The van der Waals surface area contributed by atoms with Crippen LogP contribution < -0.4 is 19.5 Å². The van der Waals surface area contributed by atoms with Crippen LogP contribution in [0.1, 0.15) is 5.56 Å². The number of aryl methyl sites for hydroxylation is 1. The van der Waals surface area contributed by atoms with Crippen LogP contribution in [0, 0.1) is 12.7 Å². The first-order valence-corrected chi connectivity index (χ1v) is 9.03. The average molecular weight is 382 g/mol. The van der Waals surface area contributed by atoms with Gasteiger partial charge in [0.2, 0.25) is 15.9 Å². The molecule has 9 heteroatoms. The van der Waals surface area contributed by atoms with Gasteiger partial charge in [-0.1, -0.05) is 0 Å². The Kier molecular flexibility index (Phi) is 6.17. The maximum atomic E-state index is 13.3. The molecule has 0 atom stereocenters. The van der Waals surface area contributed by atoms with Crippen LogP contribution in [0.5, 0.6) is 11.5 Å². The highest BCUT2D eigenvalue weighted by molar-refractivity contribution is 7.89. The summed E-state index contributed by atoms with van der Waals surface area (Å²) in [5.74, 6) is -0.203. The molecule has 0 aliphatic rings. The number of benzene rings is 2. The minimum absolute atomic E-state index is 0.122. The molecular formula is C17H19FN2O5S. The second-order valence-corrected chi connectivity index (χ2v) is 7.12. The highest BCUT2D eigenvalue weighted by Crippen LogP contribution is 2.28. The summed E-state index contributed by atoms with van der Waals surface area (Å²) in [6, 6.07) is 8.21. The van der Waals surface area contributed by atoms with E-state index in [2.05, 4.69) is 10.0 Å². The Hall–Kier alpha value is -2.65. The molecule has 2 rings (SSSR count). The average Bonchev–Trinajstić information content (AvgIpc) is 2.62. The van der Waals surface area contributed by atoms with E-state index in [4.69, 9.17) is 9.47 Å². The summed E-state index contributed by atoms with van der Waals surface area (Å²) in [6.45, 7) is 0.954. The van der Waals surface area contributed by atoms with Crippen molar-refractivity contribution in [3.05, 3.63) is 47.8 Å². The van der Waals surface area contributed by atoms with Crippen LogP contribution in [0.25, 0.3) is 0 Å². The lowest BCUT2D eigenvalue weighted by molar-refractivity contribution is -0.115. The van der Waals surface area contributed by atoms with Gasteiger partial charge in [-0.2, -0.15) is 0 Å². The van der Waals surface area contributed by atoms with Crippen molar-refractivity contribution in [2.45, 2.75) is 11.8 Å². The van der Waals surface area contributed by atoms with Crippen molar-refractivity contribution in [1.29, 1.82) is 0 Å². The fraction of sp³-hybridized carbons (Fsp3) is 0.235. The Morgan fingerprint density at radius 1 is 1.12 bits per heavy atom. The molecule has 0 heterocycles. The van der Waals surface area contributed by atoms with Crippen LogP contribution in [-0.2, 0) is 14.8 Å². The van der Waals surface area contributed by atoms with Crippen LogP contribution in [0.15, 0.2) is 41.3 Å². The van der Waals surface area contributed by atoms with Crippen molar-refractivity contribution in [2.24, 2.45) is 0 Å². The van der Waals surface area contributed by atoms with Crippen LogP contribution in [0.4, 0.5) is 10.1 Å². The number of methoxy groups -OCH3 is 2. The number of rotatable bonds is 7. The third-order valence-corrected chi connectivity index (χ3v) is 4.94. The van der Waals surface area contributed by atoms with Crippen molar-refractivity contribution in [3.8, 4) is 11.5 Å². The van der Waals surface area contributed by atoms with Gasteiger partial charge >= 0.3 is 0 Å². The molecule has 2 aromatic rings. The Labute approximate surface area is 151 Å². The molecule has 0 aromatic heterocycles. The quantitative estimate of drug-likeness (QED) is 0.765. The van der Waals surface area contributed by atoms with Gasteiger partial charge in [-0.05, 0) is 42.8 Å². The topological polar surface area (TPSA) is 93.7 Å². The van der Waals surface area contributed by atoms with E-state index < -0.39 is 28.3 Å². The Bertz CT molecular complexity index is 915. The summed E-state index contributed by atoms with van der Waals surface area (Å²) in [5, 5.41) is 2.55. The SMILES string of the molecule is COc1ccc(OC)c(NC(=O)CNS(=O)(=O)c2ccc(F)c(C)c2)c1. The van der Waals surface area contributed by atoms with E-state index in [0.717, 1.165) is 12.1 Å². The van der Waals surface area contributed by atoms with Crippen LogP contribution >= 0.6 is 0 Å². The predicted molar refractivity (Wildman–Crippen MR) is 94.5 cm³/mol. The monoisotopic (exact) mass is 382 g/mol. The van der Waals surface area contributed by atoms with Gasteiger partial charge in [0.15, 0.2) is 0 Å². The van der Waals surface area contributed by atoms with Gasteiger partial charge in [0.25, 0.3) is 0 Å². The minimum atomic E-state index is -3.95. The first-order chi connectivity index (χ1) is 12.3. The number of anilines is 1. The van der Waals surface area contributed by atoms with Gasteiger partial charge in [-0.3, -0.25) is 4.79 Å². The van der Waals surface area contributed by atoms with Gasteiger partial charge in [-0.25, -0.2) is 17.5 Å². The summed E-state index contributed by atoms with van der Waals surface area (Å²) in [6.07, 6.45) is 0. The minimum Gasteiger partial charge on any atom is -0.497 e. The zero-order valence-corrected chi connectivity index (χ0v) is 15.3. The third-order valence-electron chi connectivity index (χ3n) is 3.54. The predicted octanol–water partition coefficient (Wildman–Crippen LogP) is 2.07. The van der Waals surface area contributed by atoms with Gasteiger partial charge in [0, 0.05) is 6.07 Å². The first-order valence-electron chi connectivity index (χ1n) is 7.54. The lowest BCUT2D eigenvalue weighted by atomic mass is 10.2. The summed E-state index contributed by atoms with van der Waals surface area (Å²) >= 11 is 0. The van der Waals surface area contributed by atoms with Crippen LogP contribution in [-0.4, -0.2) is 35.1 Å². The Balaban J connectivity index is 2.07. The number of amides is 1. The molecule has 0 aliphatic heterocycles. The summed E-state index contributed by atoms with van der Waals surface area (Å²) < 4.78 is 50.1. The molecule has 0 spiro atoms. The molecule has 0 bridgehead atoms. The molecule has 0 aliphatic carbocycles. The number of halogens is 1. The second-order valence-electron chi connectivity index (χ2n) is 5.35. The third kappa shape index (κ3) is 4.70. The number of hydrogen-bond acceptors (Lipinski definition) is 5. The smallest absolute Gasteiger partial charge is 0.241 e. The van der Waals surface area contributed by atoms with E-state index in [1.807, 2.05) is 0 Å². The first kappa shape index (κ1) is 19.7. The zero-order valence-electron chi connectivity index (χ0n) is 14.5. The molecule has 2 N–H and O–H groups in total. The highest BCUT2D eigenvalue weighted by Gasteiger charge is 2.17. The fourth-order valence-corrected chi connectivity index (χ4v) is 3.20. The normalized spacial score (nSPS) is 11.1. The number of carbonyl (C=O) groups excluding carboxylic acids is 1. The maximum absolute atomic E-state index is 13.3. The molecule has 2 aromatic carbocycles. The molecular weight excluding hydrogens is 363 g/mol. The van der Waals surface area contributed by atoms with Crippen molar-refractivity contribution in [2.75, 3.05) is 26.1 Å². The van der Waals surface area contributed by atoms with Gasteiger partial charge in [-0.15, -0.1) is 0 Å². The van der Waals surface area contributed by atoms with E-state index in [9.17, 15) is 17.6 Å². The van der Waals surface area contributed by atoms with Crippen LogP contribution in [0.3, 0.4) is 0 Å². The van der Waals surface area contributed by atoms with Gasteiger partial charge in [0.05, 0.1) is 31.3 Å². The number of carbonyl (C=O) groups is 1. The van der Waals surface area contributed by atoms with E-state index in [1.54, 1.807) is 18.2 Å². The molecule has 140 valence electrons. The molecule has 7 nitrogen and oxygen atoms in total. The van der Waals surface area contributed by atoms with E-state index in [-0.39, 0.29) is 10.5 Å². The van der Waals surface area contributed by atoms with E-state index in [1.165, 1.54) is 27.2 Å². The number of hydrogen-bond donors (Lipinski definition) is 2. The van der Waals surface area contributed by atoms with Gasteiger partial charge in [0.1, 0.15) is 17.3 Å². The molecule has 0 fully saturated rings. The summed E-state index contributed by atoms with van der Waals surface area (Å²) in [7, 11) is -1.03. The molecule has 0 radical (unpaired) electrons. The largest absolute Gasteiger partial charge is 0.497 e. The molecule has 0 saturated carbocycles. The highest BCUT2D eigenvalue weighted by atomic mass is 32.2. The molecule has 26 heavy (non-hydrogen) atoms. The number of sulfonamides is 1. The summed E-state index contributed by atoms with van der Waals surface area (Å²) in [5.41, 5.74) is 0.534.